The van der Waals surface area contributed by atoms with Crippen LogP contribution in [0.2, 0.25) is 0 Å². The van der Waals surface area contributed by atoms with Crippen LogP contribution in [0, 0.1) is 5.92 Å². The molecule has 1 heterocycles. The van der Waals surface area contributed by atoms with Crippen LogP contribution in [-0.2, 0) is 14.3 Å². The average molecular weight is 243 g/mol. The van der Waals surface area contributed by atoms with Gasteiger partial charge in [0.05, 0.1) is 6.10 Å². The summed E-state index contributed by atoms with van der Waals surface area (Å²) in [4.78, 5) is 24.1. The molecule has 1 aliphatic heterocycles. The number of likely N-dealkylation sites (tertiary alicyclic amines) is 1. The zero-order chi connectivity index (χ0) is 12.8. The normalized spacial score (nSPS) is 19.1. The molecule has 0 aliphatic carbocycles. The lowest BCUT2D eigenvalue weighted by molar-refractivity contribution is -0.147. The first kappa shape index (κ1) is 14.0. The summed E-state index contributed by atoms with van der Waals surface area (Å²) in [5.41, 5.74) is 0. The zero-order valence-electron chi connectivity index (χ0n) is 10.5. The molecule has 1 N–H and O–H groups in total. The first-order chi connectivity index (χ1) is 8.04. The van der Waals surface area contributed by atoms with Gasteiger partial charge < -0.3 is 14.7 Å². The lowest BCUT2D eigenvalue weighted by Crippen LogP contribution is -2.43. The molecule has 1 atom stereocenters. The lowest BCUT2D eigenvalue weighted by atomic mass is 10.0. The second kappa shape index (κ2) is 6.59. The average Bonchev–Trinajstić information content (AvgIpc) is 2.35. The molecular weight excluding hydrogens is 222 g/mol. The summed E-state index contributed by atoms with van der Waals surface area (Å²) in [7, 11) is 0. The van der Waals surface area contributed by atoms with Crippen LogP contribution in [0.1, 0.15) is 33.1 Å². The highest BCUT2D eigenvalue weighted by Crippen LogP contribution is 2.16. The Hall–Kier alpha value is -1.10. The van der Waals surface area contributed by atoms with Crippen molar-refractivity contribution >= 4 is 11.9 Å². The minimum absolute atomic E-state index is 0.0212. The topological polar surface area (TPSA) is 66.8 Å². The molecule has 0 aromatic heterocycles. The van der Waals surface area contributed by atoms with E-state index in [9.17, 15) is 9.59 Å². The van der Waals surface area contributed by atoms with Crippen LogP contribution in [-0.4, -0.2) is 47.7 Å². The van der Waals surface area contributed by atoms with Crippen LogP contribution in [0.25, 0.3) is 0 Å². The molecule has 0 aromatic rings. The van der Waals surface area contributed by atoms with E-state index in [0.29, 0.717) is 13.1 Å². The van der Waals surface area contributed by atoms with Gasteiger partial charge in [-0.15, -0.1) is 0 Å². The molecule has 1 saturated heterocycles. The van der Waals surface area contributed by atoms with E-state index in [1.54, 1.807) is 0 Å². The van der Waals surface area contributed by atoms with Crippen molar-refractivity contribution in [2.45, 2.75) is 39.2 Å². The van der Waals surface area contributed by atoms with Gasteiger partial charge in [0.1, 0.15) is 6.61 Å². The molecule has 0 bridgehead atoms. The van der Waals surface area contributed by atoms with Gasteiger partial charge in [0.2, 0.25) is 5.91 Å². The van der Waals surface area contributed by atoms with Crippen molar-refractivity contribution in [2.75, 3.05) is 19.7 Å². The number of hydrogen-bond acceptors (Lipinski definition) is 3. The van der Waals surface area contributed by atoms with Crippen molar-refractivity contribution < 1.29 is 19.4 Å². The Kier molecular flexibility index (Phi) is 5.41. The molecule has 0 saturated carbocycles. The number of aliphatic carboxylic acids is 1. The van der Waals surface area contributed by atoms with E-state index in [1.165, 1.54) is 0 Å². The van der Waals surface area contributed by atoms with E-state index in [1.807, 2.05) is 18.7 Å². The maximum Gasteiger partial charge on any atom is 0.329 e. The van der Waals surface area contributed by atoms with Gasteiger partial charge in [-0.3, -0.25) is 4.79 Å². The summed E-state index contributed by atoms with van der Waals surface area (Å²) >= 11 is 0. The largest absolute Gasteiger partial charge is 0.480 e. The lowest BCUT2D eigenvalue weighted by Gasteiger charge is -2.33. The van der Waals surface area contributed by atoms with Gasteiger partial charge in [-0.05, 0) is 19.3 Å². The summed E-state index contributed by atoms with van der Waals surface area (Å²) in [5.74, 6) is -0.668. The summed E-state index contributed by atoms with van der Waals surface area (Å²) in [6.45, 7) is 5.05. The molecule has 98 valence electrons. The number of ether oxygens (including phenoxy) is 1. The molecule has 0 aromatic carbocycles. The number of rotatable bonds is 5. The van der Waals surface area contributed by atoms with Crippen LogP contribution in [0.4, 0.5) is 0 Å². The number of amides is 1. The maximum absolute atomic E-state index is 11.9. The predicted molar refractivity (Wildman–Crippen MR) is 62.6 cm³/mol. The Morgan fingerprint density at radius 1 is 1.41 bits per heavy atom. The van der Waals surface area contributed by atoms with Gasteiger partial charge in [0, 0.05) is 19.0 Å². The van der Waals surface area contributed by atoms with Crippen LogP contribution in [0.15, 0.2) is 0 Å². The summed E-state index contributed by atoms with van der Waals surface area (Å²) in [6, 6.07) is 0. The molecule has 1 rings (SSSR count). The number of piperidine rings is 1. The van der Waals surface area contributed by atoms with Crippen LogP contribution >= 0.6 is 0 Å². The number of hydrogen-bond donors (Lipinski definition) is 1. The van der Waals surface area contributed by atoms with Crippen molar-refractivity contribution in [3.63, 3.8) is 0 Å². The Morgan fingerprint density at radius 3 is 2.47 bits per heavy atom. The highest BCUT2D eigenvalue weighted by atomic mass is 16.5. The highest BCUT2D eigenvalue weighted by Gasteiger charge is 2.25. The fraction of sp³-hybridized carbons (Fsp3) is 0.833. The Bertz CT molecular complexity index is 272. The Labute approximate surface area is 102 Å². The highest BCUT2D eigenvalue weighted by molar-refractivity contribution is 5.78. The molecule has 17 heavy (non-hydrogen) atoms. The molecule has 5 heteroatoms. The third kappa shape index (κ3) is 4.34. The third-order valence-electron chi connectivity index (χ3n) is 3.23. The minimum Gasteiger partial charge on any atom is -0.480 e. The van der Waals surface area contributed by atoms with E-state index in [0.717, 1.165) is 19.3 Å². The van der Waals surface area contributed by atoms with E-state index < -0.39 is 5.97 Å². The summed E-state index contributed by atoms with van der Waals surface area (Å²) in [5, 5.41) is 8.50. The van der Waals surface area contributed by atoms with Crippen molar-refractivity contribution in [2.24, 2.45) is 5.92 Å². The van der Waals surface area contributed by atoms with Gasteiger partial charge in [-0.1, -0.05) is 13.8 Å². The monoisotopic (exact) mass is 243 g/mol. The van der Waals surface area contributed by atoms with Gasteiger partial charge in [0.15, 0.2) is 0 Å². The fourth-order valence-electron chi connectivity index (χ4n) is 1.92. The van der Waals surface area contributed by atoms with Crippen LogP contribution < -0.4 is 0 Å². The zero-order valence-corrected chi connectivity index (χ0v) is 10.5. The van der Waals surface area contributed by atoms with Gasteiger partial charge >= 0.3 is 5.97 Å². The molecule has 5 nitrogen and oxygen atoms in total. The van der Waals surface area contributed by atoms with Crippen molar-refractivity contribution in [3.8, 4) is 0 Å². The first-order valence-electron chi connectivity index (χ1n) is 6.16. The molecule has 1 aliphatic rings. The Morgan fingerprint density at radius 2 is 2.00 bits per heavy atom. The number of nitrogens with zero attached hydrogens (tertiary/aromatic N) is 1. The predicted octanol–water partition coefficient (Wildman–Crippen LogP) is 1.12. The van der Waals surface area contributed by atoms with E-state index >= 15 is 0 Å². The second-order valence-corrected chi connectivity index (χ2v) is 4.54. The molecule has 0 radical (unpaired) electrons. The van der Waals surface area contributed by atoms with Gasteiger partial charge in [-0.2, -0.15) is 0 Å². The smallest absolute Gasteiger partial charge is 0.329 e. The fourth-order valence-corrected chi connectivity index (χ4v) is 1.92. The van der Waals surface area contributed by atoms with Crippen molar-refractivity contribution in [1.29, 1.82) is 0 Å². The number of carbonyl (C=O) groups is 2. The van der Waals surface area contributed by atoms with Crippen LogP contribution in [0.3, 0.4) is 0 Å². The third-order valence-corrected chi connectivity index (χ3v) is 3.23. The van der Waals surface area contributed by atoms with Gasteiger partial charge in [0.25, 0.3) is 0 Å². The van der Waals surface area contributed by atoms with E-state index in [-0.39, 0.29) is 24.5 Å². The van der Waals surface area contributed by atoms with E-state index in [2.05, 4.69) is 0 Å². The minimum atomic E-state index is -0.942. The quantitative estimate of drug-likeness (QED) is 0.786. The van der Waals surface area contributed by atoms with Gasteiger partial charge in [-0.25, -0.2) is 4.79 Å². The summed E-state index contributed by atoms with van der Waals surface area (Å²) < 4.78 is 5.22. The SMILES string of the molecule is CCC(C)C(=O)N1CCC(OCC(=O)O)CC1. The maximum atomic E-state index is 11.9. The molecule has 1 amide bonds. The first-order valence-corrected chi connectivity index (χ1v) is 6.16. The van der Waals surface area contributed by atoms with Crippen molar-refractivity contribution in [1.82, 2.24) is 4.90 Å². The number of carbonyl (C=O) groups excluding carboxylic acids is 1. The molecule has 1 fully saturated rings. The van der Waals surface area contributed by atoms with Crippen molar-refractivity contribution in [3.05, 3.63) is 0 Å². The molecular formula is C12H21NO4. The Balaban J connectivity index is 2.30. The van der Waals surface area contributed by atoms with E-state index in [4.69, 9.17) is 9.84 Å². The summed E-state index contributed by atoms with van der Waals surface area (Å²) in [6.07, 6.45) is 2.30. The number of carboxylic acids is 1. The van der Waals surface area contributed by atoms with Crippen LogP contribution in [0.5, 0.6) is 0 Å². The second-order valence-electron chi connectivity index (χ2n) is 4.54. The molecule has 1 unspecified atom stereocenters. The standard InChI is InChI=1S/C12H21NO4/c1-3-9(2)12(16)13-6-4-10(5-7-13)17-8-11(14)15/h9-10H,3-8H2,1-2H3,(H,14,15). The number of carboxylic acid groups (broad SMARTS) is 1. The molecule has 0 spiro atoms.